The number of fused-ring (bicyclic) bond motifs is 7. The van der Waals surface area contributed by atoms with E-state index in [9.17, 15) is 0 Å². The van der Waals surface area contributed by atoms with Crippen molar-refractivity contribution in [1.82, 2.24) is 0 Å². The van der Waals surface area contributed by atoms with Gasteiger partial charge >= 0.3 is 0 Å². The number of anilines is 3. The first-order valence-corrected chi connectivity index (χ1v) is 20.6. The third kappa shape index (κ3) is 5.36. The van der Waals surface area contributed by atoms with E-state index in [0.717, 1.165) is 17.1 Å². The van der Waals surface area contributed by atoms with E-state index >= 15 is 0 Å². The molecule has 0 saturated carbocycles. The van der Waals surface area contributed by atoms with Crippen LogP contribution in [0.3, 0.4) is 0 Å². The fourth-order valence-corrected chi connectivity index (χ4v) is 10.5. The van der Waals surface area contributed by atoms with E-state index in [0.29, 0.717) is 0 Å². The molecule has 0 saturated heterocycles. The van der Waals surface area contributed by atoms with Gasteiger partial charge in [-0.15, -0.1) is 11.3 Å². The van der Waals surface area contributed by atoms with Gasteiger partial charge in [-0.3, -0.25) is 0 Å². The van der Waals surface area contributed by atoms with Crippen LogP contribution in [0.5, 0.6) is 0 Å². The summed E-state index contributed by atoms with van der Waals surface area (Å²) in [6.07, 6.45) is 0. The quantitative estimate of drug-likeness (QED) is 0.164. The Morgan fingerprint density at radius 3 is 1.84 bits per heavy atom. The molecule has 1 heterocycles. The van der Waals surface area contributed by atoms with Gasteiger partial charge in [0.2, 0.25) is 0 Å². The SMILES string of the molecule is CC1(C)c2ccccc2-c2ccc(N(c3cccc(-c4cccc5sc6ccccc6c45)c3)c3ccccc3-c3cccc4cccc(-c5ccccc5)c34)cc21. The molecular weight excluding hydrogens is 707 g/mol. The molecule has 0 N–H and O–H groups in total. The molecule has 1 aliphatic carbocycles. The van der Waals surface area contributed by atoms with Gasteiger partial charge in [-0.1, -0.05) is 172 Å². The van der Waals surface area contributed by atoms with E-state index < -0.39 is 0 Å². The second-order valence-electron chi connectivity index (χ2n) is 15.7. The van der Waals surface area contributed by atoms with Crippen molar-refractivity contribution >= 4 is 59.3 Å². The van der Waals surface area contributed by atoms with E-state index in [1.54, 1.807) is 0 Å². The maximum atomic E-state index is 2.49. The van der Waals surface area contributed by atoms with Crippen LogP contribution in [-0.4, -0.2) is 0 Å². The fraction of sp³-hybridized carbons (Fsp3) is 0.0545. The molecule has 0 spiro atoms. The summed E-state index contributed by atoms with van der Waals surface area (Å²) in [4.78, 5) is 2.49. The van der Waals surface area contributed by atoms with Crippen molar-refractivity contribution < 1.29 is 0 Å². The highest BCUT2D eigenvalue weighted by Crippen LogP contribution is 2.52. The highest BCUT2D eigenvalue weighted by Gasteiger charge is 2.36. The van der Waals surface area contributed by atoms with Gasteiger partial charge in [-0.25, -0.2) is 0 Å². The Hall–Kier alpha value is -6.74. The number of nitrogens with zero attached hydrogens (tertiary/aromatic N) is 1. The first-order chi connectivity index (χ1) is 28.0. The highest BCUT2D eigenvalue weighted by atomic mass is 32.1. The fourth-order valence-electron chi connectivity index (χ4n) is 9.41. The van der Waals surface area contributed by atoms with Gasteiger partial charge < -0.3 is 4.90 Å². The molecule has 0 unspecified atom stereocenters. The number of benzene rings is 9. The predicted molar refractivity (Wildman–Crippen MR) is 245 cm³/mol. The van der Waals surface area contributed by atoms with Gasteiger partial charge in [0.25, 0.3) is 0 Å². The predicted octanol–water partition coefficient (Wildman–Crippen LogP) is 16.0. The van der Waals surface area contributed by atoms with Crippen molar-refractivity contribution in [3.63, 3.8) is 0 Å². The normalized spacial score (nSPS) is 12.9. The number of hydrogen-bond acceptors (Lipinski definition) is 2. The smallest absolute Gasteiger partial charge is 0.0540 e. The molecule has 0 radical (unpaired) electrons. The van der Waals surface area contributed by atoms with Gasteiger partial charge in [0.1, 0.15) is 0 Å². The van der Waals surface area contributed by atoms with Gasteiger partial charge in [0, 0.05) is 42.5 Å². The van der Waals surface area contributed by atoms with Crippen LogP contribution in [0.4, 0.5) is 17.1 Å². The lowest BCUT2D eigenvalue weighted by molar-refractivity contribution is 0.660. The minimum Gasteiger partial charge on any atom is -0.310 e. The molecule has 9 aromatic carbocycles. The van der Waals surface area contributed by atoms with Crippen LogP contribution in [0, 0.1) is 0 Å². The Labute approximate surface area is 337 Å². The summed E-state index contributed by atoms with van der Waals surface area (Å²) < 4.78 is 2.63. The molecule has 0 fully saturated rings. The molecule has 1 aliphatic rings. The van der Waals surface area contributed by atoms with E-state index in [1.165, 1.54) is 86.6 Å². The van der Waals surface area contributed by atoms with Crippen LogP contribution in [0.2, 0.25) is 0 Å². The van der Waals surface area contributed by atoms with Crippen molar-refractivity contribution in [1.29, 1.82) is 0 Å². The molecule has 1 nitrogen and oxygen atoms in total. The second-order valence-corrected chi connectivity index (χ2v) is 16.7. The van der Waals surface area contributed by atoms with Gasteiger partial charge in [0.05, 0.1) is 5.69 Å². The molecule has 0 amide bonds. The summed E-state index contributed by atoms with van der Waals surface area (Å²) in [6.45, 7) is 4.74. The average Bonchev–Trinajstić information content (AvgIpc) is 3.76. The lowest BCUT2D eigenvalue weighted by Gasteiger charge is -2.30. The van der Waals surface area contributed by atoms with Crippen molar-refractivity contribution in [2.45, 2.75) is 19.3 Å². The zero-order chi connectivity index (χ0) is 38.1. The van der Waals surface area contributed by atoms with E-state index in [1.807, 2.05) is 11.3 Å². The largest absolute Gasteiger partial charge is 0.310 e. The third-order valence-corrected chi connectivity index (χ3v) is 13.2. The molecule has 0 bridgehead atoms. The van der Waals surface area contributed by atoms with Crippen LogP contribution in [0.15, 0.2) is 200 Å². The van der Waals surface area contributed by atoms with E-state index in [2.05, 4.69) is 219 Å². The Balaban J connectivity index is 1.16. The molecule has 10 aromatic rings. The number of thiophene rings is 1. The molecule has 270 valence electrons. The number of rotatable bonds is 6. The summed E-state index contributed by atoms with van der Waals surface area (Å²) in [6, 6.07) is 73.9. The van der Waals surface area contributed by atoms with Crippen LogP contribution >= 0.6 is 11.3 Å². The Kier molecular flexibility index (Phi) is 7.77. The van der Waals surface area contributed by atoms with Gasteiger partial charge in [0.15, 0.2) is 0 Å². The zero-order valence-corrected chi connectivity index (χ0v) is 32.7. The van der Waals surface area contributed by atoms with Crippen molar-refractivity contribution in [2.75, 3.05) is 4.90 Å². The topological polar surface area (TPSA) is 3.24 Å². The van der Waals surface area contributed by atoms with Crippen LogP contribution in [0.25, 0.3) is 75.5 Å². The minimum atomic E-state index is -0.134. The van der Waals surface area contributed by atoms with Crippen molar-refractivity contribution in [3.8, 4) is 44.5 Å². The molecule has 0 aliphatic heterocycles. The Morgan fingerprint density at radius 2 is 0.982 bits per heavy atom. The van der Waals surface area contributed by atoms with Crippen LogP contribution in [-0.2, 0) is 5.41 Å². The summed E-state index contributed by atoms with van der Waals surface area (Å²) in [5, 5.41) is 5.12. The average molecular weight is 746 g/mol. The Bertz CT molecular complexity index is 3160. The van der Waals surface area contributed by atoms with Crippen LogP contribution in [0.1, 0.15) is 25.0 Å². The minimum absolute atomic E-state index is 0.134. The lowest BCUT2D eigenvalue weighted by atomic mass is 9.82. The van der Waals surface area contributed by atoms with E-state index in [4.69, 9.17) is 0 Å². The Morgan fingerprint density at radius 1 is 0.386 bits per heavy atom. The summed E-state index contributed by atoms with van der Waals surface area (Å²) in [7, 11) is 0. The first-order valence-electron chi connectivity index (χ1n) is 19.8. The van der Waals surface area contributed by atoms with E-state index in [-0.39, 0.29) is 5.41 Å². The molecular formula is C55H39NS. The standard InChI is InChI=1S/C55H39NS/c1-55(2)48-28-9-6-22-43(48)44-33-32-40(35-49(44)55)56(39-21-12-20-38(34-39)42-26-15-31-52-54(42)47-24-8-11-30-51(47)57-52)50-29-10-7-23-45(50)46-27-14-19-37-18-13-25-41(53(37)46)36-16-4-3-5-17-36/h3-35H,1-2H3. The third-order valence-electron chi connectivity index (χ3n) is 12.1. The monoisotopic (exact) mass is 745 g/mol. The summed E-state index contributed by atoms with van der Waals surface area (Å²) >= 11 is 1.87. The number of hydrogen-bond donors (Lipinski definition) is 0. The molecule has 2 heteroatoms. The number of para-hydroxylation sites is 1. The zero-order valence-electron chi connectivity index (χ0n) is 31.9. The lowest BCUT2D eigenvalue weighted by Crippen LogP contribution is -2.17. The van der Waals surface area contributed by atoms with Crippen molar-refractivity contribution in [2.24, 2.45) is 0 Å². The summed E-state index contributed by atoms with van der Waals surface area (Å²) in [5.74, 6) is 0. The maximum Gasteiger partial charge on any atom is 0.0540 e. The molecule has 1 aromatic heterocycles. The summed E-state index contributed by atoms with van der Waals surface area (Å²) in [5.41, 5.74) is 16.0. The molecule has 57 heavy (non-hydrogen) atoms. The molecule has 11 rings (SSSR count). The first kappa shape index (κ1) is 33.6. The van der Waals surface area contributed by atoms with Crippen molar-refractivity contribution in [3.05, 3.63) is 211 Å². The second kappa shape index (κ2) is 13.2. The van der Waals surface area contributed by atoms with Gasteiger partial charge in [-0.2, -0.15) is 0 Å². The van der Waals surface area contributed by atoms with Crippen LogP contribution < -0.4 is 4.90 Å². The molecule has 0 atom stereocenters. The van der Waals surface area contributed by atoms with Gasteiger partial charge in [-0.05, 0) is 103 Å². The highest BCUT2D eigenvalue weighted by molar-refractivity contribution is 7.25. The maximum absolute atomic E-state index is 2.49.